The largest absolute Gasteiger partial charge is 0.386 e. The molecule has 1 fully saturated rings. The van der Waals surface area contributed by atoms with Crippen molar-refractivity contribution >= 4 is 5.82 Å². The van der Waals surface area contributed by atoms with Gasteiger partial charge in [-0.25, -0.2) is 4.98 Å². The van der Waals surface area contributed by atoms with Gasteiger partial charge in [-0.3, -0.25) is 0 Å². The van der Waals surface area contributed by atoms with Gasteiger partial charge < -0.3 is 14.9 Å². The first-order valence-electron chi connectivity index (χ1n) is 8.16. The lowest BCUT2D eigenvalue weighted by molar-refractivity contribution is 0.0786. The van der Waals surface area contributed by atoms with Gasteiger partial charge in [0.2, 0.25) is 0 Å². The molecule has 4 nitrogen and oxygen atoms in total. The molecule has 122 valence electrons. The third-order valence-electron chi connectivity index (χ3n) is 4.50. The number of anilines is 1. The highest BCUT2D eigenvalue weighted by molar-refractivity contribution is 5.64. The molecule has 0 bridgehead atoms. The topological polar surface area (TPSA) is 39.6 Å². The maximum absolute atomic E-state index is 10.0. The predicted molar refractivity (Wildman–Crippen MR) is 94.6 cm³/mol. The number of hydrogen-bond donors (Lipinski definition) is 1. The molecular weight excluding hydrogens is 286 g/mol. The van der Waals surface area contributed by atoms with Crippen molar-refractivity contribution in [2.75, 3.05) is 38.1 Å². The highest BCUT2D eigenvalue weighted by atomic mass is 16.3. The normalized spacial score (nSPS) is 16.6. The summed E-state index contributed by atoms with van der Waals surface area (Å²) in [4.78, 5) is 9.31. The standard InChI is InChI=1S/C19H25N3O/c1-19(2,23)17-7-4-15(5-8-17)16-6-9-18(20-14-16)22-12-10-21(3)11-13-22/h4-9,14,23H,10-13H2,1-3H3. The first-order chi connectivity index (χ1) is 10.9. The third kappa shape index (κ3) is 3.71. The number of aromatic nitrogens is 1. The zero-order chi connectivity index (χ0) is 16.4. The van der Waals surface area contributed by atoms with Crippen molar-refractivity contribution in [2.45, 2.75) is 19.4 Å². The Morgan fingerprint density at radius 1 is 0.913 bits per heavy atom. The van der Waals surface area contributed by atoms with Crippen LogP contribution in [0, 0.1) is 0 Å². The molecule has 0 amide bonds. The van der Waals surface area contributed by atoms with E-state index in [1.54, 1.807) is 13.8 Å². The highest BCUT2D eigenvalue weighted by Crippen LogP contribution is 2.25. The molecule has 0 radical (unpaired) electrons. The van der Waals surface area contributed by atoms with Crippen molar-refractivity contribution in [1.82, 2.24) is 9.88 Å². The molecule has 0 atom stereocenters. The van der Waals surface area contributed by atoms with E-state index < -0.39 is 5.60 Å². The number of likely N-dealkylation sites (N-methyl/N-ethyl adjacent to an activating group) is 1. The maximum atomic E-state index is 10.0. The summed E-state index contributed by atoms with van der Waals surface area (Å²) in [5, 5.41) is 10.0. The summed E-state index contributed by atoms with van der Waals surface area (Å²) in [6.45, 7) is 7.83. The number of pyridine rings is 1. The Labute approximate surface area is 138 Å². The van der Waals surface area contributed by atoms with E-state index >= 15 is 0 Å². The zero-order valence-electron chi connectivity index (χ0n) is 14.2. The van der Waals surface area contributed by atoms with Crippen molar-refractivity contribution in [3.8, 4) is 11.1 Å². The Kier molecular flexibility index (Phi) is 4.37. The molecule has 3 rings (SSSR count). The van der Waals surface area contributed by atoms with Crippen LogP contribution in [-0.4, -0.2) is 48.2 Å². The SMILES string of the molecule is CN1CCN(c2ccc(-c3ccc(C(C)(C)O)cc3)cn2)CC1. The number of nitrogens with zero attached hydrogens (tertiary/aromatic N) is 3. The van der Waals surface area contributed by atoms with E-state index in [-0.39, 0.29) is 0 Å². The van der Waals surface area contributed by atoms with E-state index in [1.165, 1.54) is 0 Å². The monoisotopic (exact) mass is 311 g/mol. The fourth-order valence-corrected chi connectivity index (χ4v) is 2.85. The lowest BCUT2D eigenvalue weighted by Gasteiger charge is -2.33. The molecule has 2 aromatic rings. The second kappa shape index (κ2) is 6.30. The van der Waals surface area contributed by atoms with Crippen LogP contribution in [0.2, 0.25) is 0 Å². The fraction of sp³-hybridized carbons (Fsp3) is 0.421. The van der Waals surface area contributed by atoms with E-state index in [1.807, 2.05) is 30.5 Å². The van der Waals surface area contributed by atoms with E-state index in [4.69, 9.17) is 0 Å². The van der Waals surface area contributed by atoms with Crippen LogP contribution in [0.1, 0.15) is 19.4 Å². The summed E-state index contributed by atoms with van der Waals surface area (Å²) in [6, 6.07) is 12.3. The highest BCUT2D eigenvalue weighted by Gasteiger charge is 2.16. The summed E-state index contributed by atoms with van der Waals surface area (Å²) >= 11 is 0. The van der Waals surface area contributed by atoms with Crippen LogP contribution in [0.5, 0.6) is 0 Å². The molecule has 0 spiro atoms. The minimum Gasteiger partial charge on any atom is -0.386 e. The lowest BCUT2D eigenvalue weighted by Crippen LogP contribution is -2.44. The van der Waals surface area contributed by atoms with Crippen LogP contribution in [0.25, 0.3) is 11.1 Å². The van der Waals surface area contributed by atoms with Gasteiger partial charge in [-0.15, -0.1) is 0 Å². The quantitative estimate of drug-likeness (QED) is 0.946. The van der Waals surface area contributed by atoms with Gasteiger partial charge in [-0.1, -0.05) is 24.3 Å². The summed E-state index contributed by atoms with van der Waals surface area (Å²) in [6.07, 6.45) is 1.94. The molecule has 1 aliphatic heterocycles. The molecule has 1 N–H and O–H groups in total. The Balaban J connectivity index is 1.74. The van der Waals surface area contributed by atoms with Gasteiger partial charge in [0.1, 0.15) is 5.82 Å². The van der Waals surface area contributed by atoms with E-state index in [2.05, 4.69) is 34.0 Å². The van der Waals surface area contributed by atoms with Gasteiger partial charge in [0.25, 0.3) is 0 Å². The van der Waals surface area contributed by atoms with Gasteiger partial charge in [-0.05, 0) is 44.2 Å². The van der Waals surface area contributed by atoms with Crippen molar-refractivity contribution in [2.24, 2.45) is 0 Å². The van der Waals surface area contributed by atoms with Crippen LogP contribution in [0.3, 0.4) is 0 Å². The van der Waals surface area contributed by atoms with Gasteiger partial charge >= 0.3 is 0 Å². The molecule has 23 heavy (non-hydrogen) atoms. The van der Waals surface area contributed by atoms with Crippen molar-refractivity contribution in [3.05, 3.63) is 48.2 Å². The minimum absolute atomic E-state index is 0.804. The molecule has 1 aliphatic rings. The average Bonchev–Trinajstić information content (AvgIpc) is 2.55. The van der Waals surface area contributed by atoms with Gasteiger partial charge in [0.15, 0.2) is 0 Å². The van der Waals surface area contributed by atoms with Crippen LogP contribution in [0.15, 0.2) is 42.6 Å². The smallest absolute Gasteiger partial charge is 0.128 e. The first kappa shape index (κ1) is 16.0. The summed E-state index contributed by atoms with van der Waals surface area (Å²) in [5.41, 5.74) is 2.34. The summed E-state index contributed by atoms with van der Waals surface area (Å²) in [7, 11) is 2.16. The Morgan fingerprint density at radius 3 is 2.04 bits per heavy atom. The number of rotatable bonds is 3. The maximum Gasteiger partial charge on any atom is 0.128 e. The second-order valence-corrected chi connectivity index (χ2v) is 6.83. The summed E-state index contributed by atoms with van der Waals surface area (Å²) in [5.74, 6) is 1.05. The molecule has 4 heteroatoms. The van der Waals surface area contributed by atoms with E-state index in [0.717, 1.165) is 48.7 Å². The molecule has 0 aliphatic carbocycles. The molecular formula is C19H25N3O. The van der Waals surface area contributed by atoms with Crippen molar-refractivity contribution in [1.29, 1.82) is 0 Å². The van der Waals surface area contributed by atoms with Gasteiger partial charge in [-0.2, -0.15) is 0 Å². The molecule has 2 heterocycles. The number of piperazine rings is 1. The lowest BCUT2D eigenvalue weighted by atomic mass is 9.96. The van der Waals surface area contributed by atoms with Crippen LogP contribution >= 0.6 is 0 Å². The Morgan fingerprint density at radius 2 is 1.52 bits per heavy atom. The second-order valence-electron chi connectivity index (χ2n) is 6.83. The minimum atomic E-state index is -0.804. The number of benzene rings is 1. The predicted octanol–water partition coefficient (Wildman–Crippen LogP) is 2.73. The van der Waals surface area contributed by atoms with E-state index in [0.29, 0.717) is 0 Å². The molecule has 0 saturated carbocycles. The van der Waals surface area contributed by atoms with Gasteiger partial charge in [0, 0.05) is 37.9 Å². The van der Waals surface area contributed by atoms with E-state index in [9.17, 15) is 5.11 Å². The zero-order valence-corrected chi connectivity index (χ0v) is 14.2. The molecule has 0 unspecified atom stereocenters. The van der Waals surface area contributed by atoms with Crippen LogP contribution in [0.4, 0.5) is 5.82 Å². The van der Waals surface area contributed by atoms with Crippen LogP contribution in [-0.2, 0) is 5.60 Å². The molecule has 1 aromatic heterocycles. The van der Waals surface area contributed by atoms with Gasteiger partial charge in [0.05, 0.1) is 5.60 Å². The number of hydrogen-bond acceptors (Lipinski definition) is 4. The molecule has 1 saturated heterocycles. The van der Waals surface area contributed by atoms with Crippen LogP contribution < -0.4 is 4.90 Å². The number of aliphatic hydroxyl groups is 1. The molecule has 1 aromatic carbocycles. The Hall–Kier alpha value is -1.91. The van der Waals surface area contributed by atoms with Crippen molar-refractivity contribution < 1.29 is 5.11 Å². The average molecular weight is 311 g/mol. The fourth-order valence-electron chi connectivity index (χ4n) is 2.85. The van der Waals surface area contributed by atoms with Crippen molar-refractivity contribution in [3.63, 3.8) is 0 Å². The Bertz CT molecular complexity index is 636. The summed E-state index contributed by atoms with van der Waals surface area (Å²) < 4.78 is 0. The third-order valence-corrected chi connectivity index (χ3v) is 4.50. The first-order valence-corrected chi connectivity index (χ1v) is 8.16.